The van der Waals surface area contributed by atoms with Crippen LogP contribution in [0, 0.1) is 15.9 Å². The lowest BCUT2D eigenvalue weighted by atomic mass is 10.2. The number of nitro benzene ring substituents is 1. The minimum atomic E-state index is -0.818. The van der Waals surface area contributed by atoms with Crippen LogP contribution in [0.15, 0.2) is 18.3 Å². The standard InChI is InChI=1S/C7H3FN2O2S/c8-5-2-7-4(3-9-13-7)1-6(5)10(11)12/h1-3H. The molecule has 1 heterocycles. The molecule has 4 nitrogen and oxygen atoms in total. The molecule has 0 radical (unpaired) electrons. The molecule has 2 rings (SSSR count). The maximum Gasteiger partial charge on any atom is 0.305 e. The van der Waals surface area contributed by atoms with E-state index in [1.165, 1.54) is 12.3 Å². The average Bonchev–Trinajstić information content (AvgIpc) is 2.48. The van der Waals surface area contributed by atoms with Gasteiger partial charge in [-0.1, -0.05) is 0 Å². The van der Waals surface area contributed by atoms with Gasteiger partial charge in [0.15, 0.2) is 0 Å². The molecule has 0 unspecified atom stereocenters. The molecule has 0 aliphatic carbocycles. The second-order valence-electron chi connectivity index (χ2n) is 2.42. The Bertz CT molecular complexity index is 482. The van der Waals surface area contributed by atoms with Gasteiger partial charge in [0.2, 0.25) is 5.82 Å². The molecular formula is C7H3FN2O2S. The first-order valence-electron chi connectivity index (χ1n) is 3.37. The molecule has 1 aromatic carbocycles. The Hall–Kier alpha value is -1.56. The van der Waals surface area contributed by atoms with Gasteiger partial charge in [0.1, 0.15) is 0 Å². The molecular weight excluding hydrogens is 195 g/mol. The van der Waals surface area contributed by atoms with E-state index in [0.29, 0.717) is 10.1 Å². The van der Waals surface area contributed by atoms with Crippen molar-refractivity contribution in [2.24, 2.45) is 0 Å². The van der Waals surface area contributed by atoms with Gasteiger partial charge < -0.3 is 0 Å². The fourth-order valence-corrected chi connectivity index (χ4v) is 1.67. The highest BCUT2D eigenvalue weighted by Gasteiger charge is 2.15. The van der Waals surface area contributed by atoms with Crippen LogP contribution in [0.5, 0.6) is 0 Å². The van der Waals surface area contributed by atoms with Crippen LogP contribution in [0.1, 0.15) is 0 Å². The van der Waals surface area contributed by atoms with Crippen molar-refractivity contribution in [2.45, 2.75) is 0 Å². The van der Waals surface area contributed by atoms with Gasteiger partial charge in [0.05, 0.1) is 9.62 Å². The second kappa shape index (κ2) is 2.74. The van der Waals surface area contributed by atoms with Crippen LogP contribution in [-0.2, 0) is 0 Å². The lowest BCUT2D eigenvalue weighted by Gasteiger charge is -1.92. The van der Waals surface area contributed by atoms with Crippen molar-refractivity contribution in [1.82, 2.24) is 4.37 Å². The van der Waals surface area contributed by atoms with Gasteiger partial charge in [0.25, 0.3) is 0 Å². The van der Waals surface area contributed by atoms with Gasteiger partial charge in [0, 0.05) is 23.7 Å². The quantitative estimate of drug-likeness (QED) is 0.522. The third-order valence-electron chi connectivity index (χ3n) is 1.62. The molecule has 1 aromatic heterocycles. The summed E-state index contributed by atoms with van der Waals surface area (Å²) in [5, 5.41) is 10.9. The van der Waals surface area contributed by atoms with Gasteiger partial charge in [-0.25, -0.2) is 0 Å². The van der Waals surface area contributed by atoms with Crippen molar-refractivity contribution < 1.29 is 9.31 Å². The van der Waals surface area contributed by atoms with E-state index < -0.39 is 16.4 Å². The van der Waals surface area contributed by atoms with E-state index in [4.69, 9.17) is 0 Å². The van der Waals surface area contributed by atoms with E-state index in [2.05, 4.69) is 4.37 Å². The summed E-state index contributed by atoms with van der Waals surface area (Å²) in [5.41, 5.74) is -0.507. The molecule has 0 amide bonds. The van der Waals surface area contributed by atoms with Crippen LogP contribution >= 0.6 is 11.5 Å². The van der Waals surface area contributed by atoms with E-state index >= 15 is 0 Å². The normalized spacial score (nSPS) is 10.5. The zero-order chi connectivity index (χ0) is 9.42. The van der Waals surface area contributed by atoms with Crippen molar-refractivity contribution in [3.05, 3.63) is 34.3 Å². The number of nitro groups is 1. The first-order chi connectivity index (χ1) is 6.18. The zero-order valence-corrected chi connectivity index (χ0v) is 7.05. The number of hydrogen-bond donors (Lipinski definition) is 0. The number of aromatic nitrogens is 1. The Balaban J connectivity index is 2.76. The van der Waals surface area contributed by atoms with Crippen LogP contribution in [0.4, 0.5) is 10.1 Å². The molecule has 6 heteroatoms. The van der Waals surface area contributed by atoms with E-state index in [1.54, 1.807) is 0 Å². The van der Waals surface area contributed by atoms with Crippen molar-refractivity contribution in [2.75, 3.05) is 0 Å². The molecule has 2 aromatic rings. The summed E-state index contributed by atoms with van der Waals surface area (Å²) in [4.78, 5) is 9.59. The SMILES string of the molecule is O=[N+]([O-])c1cc2cnsc2cc1F. The molecule has 0 saturated heterocycles. The van der Waals surface area contributed by atoms with Crippen molar-refractivity contribution in [3.63, 3.8) is 0 Å². The third kappa shape index (κ3) is 1.25. The average molecular weight is 198 g/mol. The van der Waals surface area contributed by atoms with E-state index in [0.717, 1.165) is 17.6 Å². The first kappa shape index (κ1) is 8.06. The lowest BCUT2D eigenvalue weighted by Crippen LogP contribution is -1.91. The monoisotopic (exact) mass is 198 g/mol. The summed E-state index contributed by atoms with van der Waals surface area (Å²) in [6.07, 6.45) is 1.48. The Morgan fingerprint density at radius 1 is 1.54 bits per heavy atom. The Morgan fingerprint density at radius 3 is 3.00 bits per heavy atom. The molecule has 0 N–H and O–H groups in total. The topological polar surface area (TPSA) is 56.0 Å². The Labute approximate surface area is 75.9 Å². The van der Waals surface area contributed by atoms with Crippen LogP contribution in [0.25, 0.3) is 10.1 Å². The molecule has 0 saturated carbocycles. The van der Waals surface area contributed by atoms with Crippen LogP contribution in [0.3, 0.4) is 0 Å². The largest absolute Gasteiger partial charge is 0.305 e. The molecule has 0 bridgehead atoms. The van der Waals surface area contributed by atoms with Crippen molar-refractivity contribution in [1.29, 1.82) is 0 Å². The van der Waals surface area contributed by atoms with Gasteiger partial charge in [-0.15, -0.1) is 0 Å². The van der Waals surface area contributed by atoms with Gasteiger partial charge >= 0.3 is 5.69 Å². The number of benzene rings is 1. The van der Waals surface area contributed by atoms with Crippen LogP contribution in [0.2, 0.25) is 0 Å². The highest BCUT2D eigenvalue weighted by molar-refractivity contribution is 7.13. The molecule has 0 aliphatic rings. The molecule has 0 spiro atoms. The highest BCUT2D eigenvalue weighted by Crippen LogP contribution is 2.26. The summed E-state index contributed by atoms with van der Waals surface area (Å²) in [6.45, 7) is 0. The maximum absolute atomic E-state index is 13.0. The molecule has 0 atom stereocenters. The molecule has 13 heavy (non-hydrogen) atoms. The van der Waals surface area contributed by atoms with Crippen molar-refractivity contribution >= 4 is 27.3 Å². The van der Waals surface area contributed by atoms with E-state index in [9.17, 15) is 14.5 Å². The number of nitrogens with zero attached hydrogens (tertiary/aromatic N) is 2. The molecule has 0 fully saturated rings. The number of rotatable bonds is 1. The summed E-state index contributed by atoms with van der Waals surface area (Å²) in [5.74, 6) is -0.818. The van der Waals surface area contributed by atoms with Gasteiger partial charge in [-0.05, 0) is 11.5 Å². The fourth-order valence-electron chi connectivity index (χ4n) is 1.02. The number of fused-ring (bicyclic) bond motifs is 1. The van der Waals surface area contributed by atoms with Crippen LogP contribution in [-0.4, -0.2) is 9.30 Å². The third-order valence-corrected chi connectivity index (χ3v) is 2.38. The lowest BCUT2D eigenvalue weighted by molar-refractivity contribution is -0.387. The smallest absolute Gasteiger partial charge is 0.258 e. The number of halogens is 1. The Morgan fingerprint density at radius 2 is 2.31 bits per heavy atom. The summed E-state index contributed by atoms with van der Waals surface area (Å²) >= 11 is 1.11. The zero-order valence-electron chi connectivity index (χ0n) is 6.23. The maximum atomic E-state index is 13.0. The van der Waals surface area contributed by atoms with Gasteiger partial charge in [-0.2, -0.15) is 8.76 Å². The van der Waals surface area contributed by atoms with Crippen LogP contribution < -0.4 is 0 Å². The fraction of sp³-hybridized carbons (Fsp3) is 0. The second-order valence-corrected chi connectivity index (χ2v) is 3.26. The highest BCUT2D eigenvalue weighted by atomic mass is 32.1. The van der Waals surface area contributed by atoms with Crippen molar-refractivity contribution in [3.8, 4) is 0 Å². The minimum absolute atomic E-state index is 0.507. The molecule has 0 aliphatic heterocycles. The van der Waals surface area contributed by atoms with Gasteiger partial charge in [-0.3, -0.25) is 10.1 Å². The summed E-state index contributed by atoms with van der Waals surface area (Å²) in [7, 11) is 0. The predicted octanol–water partition coefficient (Wildman–Crippen LogP) is 2.34. The molecule has 66 valence electrons. The van der Waals surface area contributed by atoms with E-state index in [1.807, 2.05) is 0 Å². The Kier molecular flexibility index (Phi) is 1.70. The number of hydrogen-bond acceptors (Lipinski definition) is 4. The summed E-state index contributed by atoms with van der Waals surface area (Å²) < 4.78 is 17.4. The van der Waals surface area contributed by atoms with E-state index in [-0.39, 0.29) is 0 Å². The summed E-state index contributed by atoms with van der Waals surface area (Å²) in [6, 6.07) is 2.32. The predicted molar refractivity (Wildman–Crippen MR) is 46.2 cm³/mol. The minimum Gasteiger partial charge on any atom is -0.258 e. The first-order valence-corrected chi connectivity index (χ1v) is 4.14.